The van der Waals surface area contributed by atoms with Gasteiger partial charge in [-0.2, -0.15) is 0 Å². The molecule has 0 aromatic heterocycles. The van der Waals surface area contributed by atoms with Crippen LogP contribution in [0.3, 0.4) is 0 Å². The quantitative estimate of drug-likeness (QED) is 0.629. The number of carbonyl (C=O) groups excluding carboxylic acids is 2. The summed E-state index contributed by atoms with van der Waals surface area (Å²) in [5.74, 6) is 0.508. The average molecular weight is 431 g/mol. The minimum Gasteiger partial charge on any atom is -0.325 e. The molecule has 1 unspecified atom stereocenters. The van der Waals surface area contributed by atoms with Gasteiger partial charge in [0.1, 0.15) is 5.78 Å². The van der Waals surface area contributed by atoms with Crippen LogP contribution in [0, 0.1) is 0 Å². The molecule has 2 aromatic carbocycles. The molecule has 2 aliphatic heterocycles. The molecule has 1 amide bonds. The summed E-state index contributed by atoms with van der Waals surface area (Å²) in [4.78, 5) is 28.1. The van der Waals surface area contributed by atoms with Crippen molar-refractivity contribution in [2.24, 2.45) is 0 Å². The Morgan fingerprint density at radius 3 is 2.53 bits per heavy atom. The summed E-state index contributed by atoms with van der Waals surface area (Å²) in [6.07, 6.45) is 8.07. The van der Waals surface area contributed by atoms with Gasteiger partial charge in [0.15, 0.2) is 0 Å². The fraction of sp³-hybridized carbons (Fsp3) is 0.500. The maximum atomic E-state index is 13.0. The van der Waals surface area contributed by atoms with Gasteiger partial charge in [0.05, 0.1) is 10.8 Å². The number of amides is 1. The van der Waals surface area contributed by atoms with Gasteiger partial charge in [-0.15, -0.1) is 0 Å². The van der Waals surface area contributed by atoms with Gasteiger partial charge in [-0.05, 0) is 94.3 Å². The lowest BCUT2D eigenvalue weighted by Gasteiger charge is -2.41. The van der Waals surface area contributed by atoms with Gasteiger partial charge in [-0.3, -0.25) is 9.59 Å². The van der Waals surface area contributed by atoms with E-state index in [4.69, 9.17) is 0 Å². The number of ketones is 1. The summed E-state index contributed by atoms with van der Waals surface area (Å²) in [6, 6.07) is 16.7. The molecule has 4 nitrogen and oxygen atoms in total. The first-order valence-corrected chi connectivity index (χ1v) is 12.3. The topological polar surface area (TPSA) is 49.4 Å². The molecule has 1 saturated heterocycles. The third kappa shape index (κ3) is 3.49. The molecule has 3 aliphatic rings. The Morgan fingerprint density at radius 2 is 1.78 bits per heavy atom. The van der Waals surface area contributed by atoms with Crippen molar-refractivity contribution in [3.8, 4) is 0 Å². The van der Waals surface area contributed by atoms with E-state index in [-0.39, 0.29) is 16.7 Å². The predicted molar refractivity (Wildman–Crippen MR) is 128 cm³/mol. The number of likely N-dealkylation sites (tertiary alicyclic amines) is 1. The largest absolute Gasteiger partial charge is 0.325 e. The fourth-order valence-corrected chi connectivity index (χ4v) is 6.54. The molecule has 32 heavy (non-hydrogen) atoms. The highest BCUT2D eigenvalue weighted by Gasteiger charge is 2.48. The lowest BCUT2D eigenvalue weighted by atomic mass is 9.68. The summed E-state index contributed by atoms with van der Waals surface area (Å²) in [5.41, 5.74) is 4.26. The number of Topliss-reactive ketones (excluding diaryl/α,β-unsaturated/α-hetero) is 1. The predicted octanol–water partition coefficient (Wildman–Crippen LogP) is 5.01. The van der Waals surface area contributed by atoms with Gasteiger partial charge in [-0.25, -0.2) is 0 Å². The second-order valence-electron chi connectivity index (χ2n) is 10.0. The van der Waals surface area contributed by atoms with E-state index in [2.05, 4.69) is 40.5 Å². The van der Waals surface area contributed by atoms with Crippen molar-refractivity contribution in [1.82, 2.24) is 4.90 Å². The maximum Gasteiger partial charge on any atom is 0.235 e. The third-order valence-corrected chi connectivity index (χ3v) is 8.40. The van der Waals surface area contributed by atoms with Crippen LogP contribution in [0.2, 0.25) is 0 Å². The zero-order valence-electron chi connectivity index (χ0n) is 19.2. The molecule has 2 aromatic rings. The first kappa shape index (κ1) is 21.4. The van der Waals surface area contributed by atoms with Crippen molar-refractivity contribution in [2.45, 2.75) is 69.1 Å². The number of benzene rings is 2. The first-order valence-electron chi connectivity index (χ1n) is 12.3. The zero-order valence-corrected chi connectivity index (χ0v) is 19.2. The smallest absolute Gasteiger partial charge is 0.235 e. The van der Waals surface area contributed by atoms with Crippen molar-refractivity contribution >= 4 is 17.4 Å². The average Bonchev–Trinajstić information content (AvgIpc) is 3.11. The molecular formula is C28H34N2O2. The second-order valence-corrected chi connectivity index (χ2v) is 10.0. The van der Waals surface area contributed by atoms with Crippen LogP contribution in [-0.2, 0) is 26.8 Å². The fourth-order valence-electron chi connectivity index (χ4n) is 6.54. The Balaban J connectivity index is 1.18. The van der Waals surface area contributed by atoms with Crippen molar-refractivity contribution < 1.29 is 9.59 Å². The maximum absolute atomic E-state index is 13.0. The molecule has 4 heteroatoms. The van der Waals surface area contributed by atoms with Crippen molar-refractivity contribution in [1.29, 1.82) is 0 Å². The van der Waals surface area contributed by atoms with Crippen LogP contribution < -0.4 is 5.32 Å². The van der Waals surface area contributed by atoms with Crippen LogP contribution in [-0.4, -0.2) is 36.2 Å². The number of hydrogen-bond acceptors (Lipinski definition) is 3. The number of anilines is 1. The zero-order chi connectivity index (χ0) is 22.2. The monoisotopic (exact) mass is 430 g/mol. The molecule has 1 N–H and O–H groups in total. The normalized spacial score (nSPS) is 24.1. The van der Waals surface area contributed by atoms with Crippen LogP contribution in [0.25, 0.3) is 0 Å². The number of unbranched alkanes of at least 4 members (excludes halogenated alkanes) is 1. The van der Waals surface area contributed by atoms with E-state index >= 15 is 0 Å². The third-order valence-electron chi connectivity index (χ3n) is 8.40. The molecule has 0 spiro atoms. The highest BCUT2D eigenvalue weighted by Crippen LogP contribution is 2.49. The number of carbonyl (C=O) groups is 2. The SMILES string of the molecule is CC(=O)C1(c2ccccc2)CCN(CCCCC23CCCc4cccc(c42)NC3=O)CC1. The Hall–Kier alpha value is -2.46. The highest BCUT2D eigenvalue weighted by molar-refractivity contribution is 6.07. The molecule has 0 bridgehead atoms. The van der Waals surface area contributed by atoms with E-state index in [9.17, 15) is 9.59 Å². The molecule has 2 heterocycles. The van der Waals surface area contributed by atoms with Crippen LogP contribution in [0.5, 0.6) is 0 Å². The van der Waals surface area contributed by atoms with E-state index in [1.807, 2.05) is 18.2 Å². The number of rotatable bonds is 7. The van der Waals surface area contributed by atoms with Gasteiger partial charge in [-0.1, -0.05) is 48.9 Å². The number of piperidine rings is 1. The van der Waals surface area contributed by atoms with Crippen LogP contribution in [0.1, 0.15) is 68.6 Å². The van der Waals surface area contributed by atoms with Crippen LogP contribution >= 0.6 is 0 Å². The summed E-state index contributed by atoms with van der Waals surface area (Å²) in [6.45, 7) is 4.74. The van der Waals surface area contributed by atoms with E-state index < -0.39 is 0 Å². The highest BCUT2D eigenvalue weighted by atomic mass is 16.2. The second kappa shape index (κ2) is 8.47. The van der Waals surface area contributed by atoms with Crippen LogP contribution in [0.4, 0.5) is 5.69 Å². The van der Waals surface area contributed by atoms with Gasteiger partial charge in [0, 0.05) is 5.69 Å². The van der Waals surface area contributed by atoms with Crippen LogP contribution in [0.15, 0.2) is 48.5 Å². The number of nitrogens with zero attached hydrogens (tertiary/aromatic N) is 1. The molecule has 1 aliphatic carbocycles. The summed E-state index contributed by atoms with van der Waals surface area (Å²) < 4.78 is 0. The van der Waals surface area contributed by atoms with E-state index in [1.54, 1.807) is 6.92 Å². The Morgan fingerprint density at radius 1 is 1.00 bits per heavy atom. The van der Waals surface area contributed by atoms with Crippen molar-refractivity contribution in [2.75, 3.05) is 25.0 Å². The summed E-state index contributed by atoms with van der Waals surface area (Å²) in [7, 11) is 0. The molecule has 1 atom stereocenters. The standard InChI is InChI=1S/C28H34N2O2/c1-21(31)27(23-11-3-2-4-12-23)16-19-30(20-17-27)18-6-5-14-28-15-8-10-22-9-7-13-24(25(22)28)29-26(28)32/h2-4,7,9,11-13H,5-6,8,10,14-20H2,1H3,(H,29,32). The molecular weight excluding hydrogens is 396 g/mol. The van der Waals surface area contributed by atoms with Gasteiger partial charge in [0.25, 0.3) is 0 Å². The van der Waals surface area contributed by atoms with E-state index in [1.165, 1.54) is 16.7 Å². The molecule has 5 rings (SSSR count). The number of nitrogens with one attached hydrogen (secondary N) is 1. The number of aryl methyl sites for hydroxylation is 1. The first-order chi connectivity index (χ1) is 15.6. The van der Waals surface area contributed by atoms with Gasteiger partial charge in [0.2, 0.25) is 5.91 Å². The Kier molecular flexibility index (Phi) is 5.66. The van der Waals surface area contributed by atoms with E-state index in [0.717, 1.165) is 76.7 Å². The molecule has 168 valence electrons. The van der Waals surface area contributed by atoms with Gasteiger partial charge < -0.3 is 10.2 Å². The lowest BCUT2D eigenvalue weighted by molar-refractivity contribution is -0.124. The summed E-state index contributed by atoms with van der Waals surface area (Å²) in [5, 5.41) is 3.16. The molecule has 1 fully saturated rings. The Labute approximate surface area is 191 Å². The van der Waals surface area contributed by atoms with Crippen molar-refractivity contribution in [3.63, 3.8) is 0 Å². The molecule has 0 radical (unpaired) electrons. The minimum absolute atomic E-state index is 0.215. The Bertz CT molecular complexity index is 1010. The van der Waals surface area contributed by atoms with E-state index in [0.29, 0.717) is 5.78 Å². The number of hydrogen-bond donors (Lipinski definition) is 1. The minimum atomic E-state index is -0.319. The molecule has 0 saturated carbocycles. The lowest BCUT2D eigenvalue weighted by Crippen LogP contribution is -2.46. The van der Waals surface area contributed by atoms with Crippen molar-refractivity contribution in [3.05, 3.63) is 65.2 Å². The van der Waals surface area contributed by atoms with Gasteiger partial charge >= 0.3 is 0 Å². The summed E-state index contributed by atoms with van der Waals surface area (Å²) >= 11 is 0.